The van der Waals surface area contributed by atoms with Crippen molar-refractivity contribution in [1.29, 1.82) is 0 Å². The van der Waals surface area contributed by atoms with Gasteiger partial charge in [0.25, 0.3) is 5.91 Å². The van der Waals surface area contributed by atoms with E-state index >= 15 is 0 Å². The lowest BCUT2D eigenvalue weighted by Gasteiger charge is -2.29. The van der Waals surface area contributed by atoms with E-state index in [0.717, 1.165) is 12.8 Å². The van der Waals surface area contributed by atoms with Crippen LogP contribution in [0.25, 0.3) is 0 Å². The number of hydrogen-bond donors (Lipinski definition) is 2. The number of rotatable bonds is 3. The van der Waals surface area contributed by atoms with Gasteiger partial charge < -0.3 is 16.0 Å². The van der Waals surface area contributed by atoms with Crippen molar-refractivity contribution in [3.8, 4) is 0 Å². The molecule has 1 aliphatic heterocycles. The third kappa shape index (κ3) is 2.65. The molecule has 8 heteroatoms. The Kier molecular flexibility index (Phi) is 3.66. The van der Waals surface area contributed by atoms with Gasteiger partial charge in [0.05, 0.1) is 0 Å². The first-order valence-electron chi connectivity index (χ1n) is 6.04. The number of nitrogens with two attached hydrogens (primary N) is 2. The molecule has 1 saturated heterocycles. The average Bonchev–Trinajstić information content (AvgIpc) is 2.72. The number of sulfonamides is 1. The molecule has 19 heavy (non-hydrogen) atoms. The third-order valence-electron chi connectivity index (χ3n) is 3.29. The molecule has 1 fully saturated rings. The van der Waals surface area contributed by atoms with Crippen LogP contribution in [0.4, 0.5) is 0 Å². The van der Waals surface area contributed by atoms with Crippen LogP contribution in [0.2, 0.25) is 0 Å². The number of primary amides is 1. The maximum absolute atomic E-state index is 12.4. The highest BCUT2D eigenvalue weighted by molar-refractivity contribution is 7.89. The fourth-order valence-corrected chi connectivity index (χ4v) is 3.87. The molecule has 7 nitrogen and oxygen atoms in total. The smallest absolute Gasteiger partial charge is 0.265 e. The van der Waals surface area contributed by atoms with Gasteiger partial charge in [-0.05, 0) is 18.9 Å². The van der Waals surface area contributed by atoms with Crippen molar-refractivity contribution < 1.29 is 13.2 Å². The Morgan fingerprint density at radius 3 is 2.68 bits per heavy atom. The highest BCUT2D eigenvalue weighted by Gasteiger charge is 2.30. The van der Waals surface area contributed by atoms with Crippen molar-refractivity contribution >= 4 is 15.9 Å². The van der Waals surface area contributed by atoms with Crippen LogP contribution < -0.4 is 11.5 Å². The zero-order valence-electron chi connectivity index (χ0n) is 10.7. The zero-order chi connectivity index (χ0) is 14.2. The third-order valence-corrected chi connectivity index (χ3v) is 5.12. The molecular weight excluding hydrogens is 268 g/mol. The summed E-state index contributed by atoms with van der Waals surface area (Å²) in [6.07, 6.45) is 2.97. The first-order chi connectivity index (χ1) is 8.82. The summed E-state index contributed by atoms with van der Waals surface area (Å²) in [7, 11) is -2.02. The summed E-state index contributed by atoms with van der Waals surface area (Å²) >= 11 is 0. The van der Waals surface area contributed by atoms with Crippen LogP contribution in [-0.2, 0) is 17.1 Å². The largest absolute Gasteiger partial charge is 0.364 e. The second-order valence-electron chi connectivity index (χ2n) is 4.80. The Morgan fingerprint density at radius 1 is 1.47 bits per heavy atom. The SMILES string of the molecule is Cn1cc(S(=O)(=O)N2CCC[C@H](N)C2)cc1C(N)=O. The van der Waals surface area contributed by atoms with Gasteiger partial charge in [0, 0.05) is 32.4 Å². The lowest BCUT2D eigenvalue weighted by atomic mass is 10.1. The lowest BCUT2D eigenvalue weighted by Crippen LogP contribution is -2.45. The molecular formula is C11H18N4O3S. The van der Waals surface area contributed by atoms with Crippen molar-refractivity contribution in [1.82, 2.24) is 8.87 Å². The second-order valence-corrected chi connectivity index (χ2v) is 6.74. The molecule has 1 amide bonds. The number of carbonyl (C=O) groups is 1. The van der Waals surface area contributed by atoms with Crippen molar-refractivity contribution in [2.24, 2.45) is 18.5 Å². The van der Waals surface area contributed by atoms with E-state index in [1.807, 2.05) is 0 Å². The molecule has 1 aromatic heterocycles. The first-order valence-corrected chi connectivity index (χ1v) is 7.48. The van der Waals surface area contributed by atoms with E-state index in [9.17, 15) is 13.2 Å². The van der Waals surface area contributed by atoms with Crippen LogP contribution in [0.3, 0.4) is 0 Å². The molecule has 0 aromatic carbocycles. The molecule has 0 saturated carbocycles. The molecule has 2 rings (SSSR count). The molecule has 0 bridgehead atoms. The number of piperidine rings is 1. The normalized spacial score (nSPS) is 21.5. The van der Waals surface area contributed by atoms with Gasteiger partial charge in [-0.15, -0.1) is 0 Å². The van der Waals surface area contributed by atoms with E-state index in [1.54, 1.807) is 7.05 Å². The van der Waals surface area contributed by atoms with Gasteiger partial charge in [0.2, 0.25) is 10.0 Å². The van der Waals surface area contributed by atoms with E-state index in [4.69, 9.17) is 11.5 Å². The van der Waals surface area contributed by atoms with Gasteiger partial charge in [0.1, 0.15) is 10.6 Å². The Morgan fingerprint density at radius 2 is 2.16 bits per heavy atom. The predicted molar refractivity (Wildman–Crippen MR) is 69.9 cm³/mol. The van der Waals surface area contributed by atoms with Crippen LogP contribution in [0.15, 0.2) is 17.2 Å². The maximum atomic E-state index is 12.4. The lowest BCUT2D eigenvalue weighted by molar-refractivity contribution is 0.0992. The summed E-state index contributed by atoms with van der Waals surface area (Å²) in [5.41, 5.74) is 11.1. The van der Waals surface area contributed by atoms with Crippen LogP contribution in [0.1, 0.15) is 23.3 Å². The van der Waals surface area contributed by atoms with E-state index < -0.39 is 15.9 Å². The number of nitrogens with zero attached hydrogens (tertiary/aromatic N) is 2. The Hall–Kier alpha value is -1.38. The Labute approximate surface area is 112 Å². The fourth-order valence-electron chi connectivity index (χ4n) is 2.26. The minimum Gasteiger partial charge on any atom is -0.364 e. The zero-order valence-corrected chi connectivity index (χ0v) is 11.6. The van der Waals surface area contributed by atoms with Gasteiger partial charge in [-0.1, -0.05) is 0 Å². The number of hydrogen-bond acceptors (Lipinski definition) is 4. The fraction of sp³-hybridized carbons (Fsp3) is 0.545. The number of aryl methyl sites for hydroxylation is 1. The summed E-state index contributed by atoms with van der Waals surface area (Å²) in [4.78, 5) is 11.2. The van der Waals surface area contributed by atoms with Gasteiger partial charge in [-0.2, -0.15) is 4.31 Å². The number of carbonyl (C=O) groups excluding carboxylic acids is 1. The van der Waals surface area contributed by atoms with Crippen molar-refractivity contribution in [2.75, 3.05) is 13.1 Å². The molecule has 1 atom stereocenters. The van der Waals surface area contributed by atoms with Gasteiger partial charge in [0.15, 0.2) is 0 Å². The summed E-state index contributed by atoms with van der Waals surface area (Å²) in [6.45, 7) is 0.764. The van der Waals surface area contributed by atoms with Crippen LogP contribution >= 0.6 is 0 Å². The van der Waals surface area contributed by atoms with Crippen molar-refractivity contribution in [3.63, 3.8) is 0 Å². The average molecular weight is 286 g/mol. The van der Waals surface area contributed by atoms with Crippen LogP contribution in [0, 0.1) is 0 Å². The van der Waals surface area contributed by atoms with Crippen LogP contribution in [0.5, 0.6) is 0 Å². The molecule has 0 radical (unpaired) electrons. The molecule has 0 aliphatic carbocycles. The molecule has 106 valence electrons. The van der Waals surface area contributed by atoms with Gasteiger partial charge in [-0.25, -0.2) is 8.42 Å². The minimum absolute atomic E-state index is 0.0814. The molecule has 1 aromatic rings. The van der Waals surface area contributed by atoms with Crippen molar-refractivity contribution in [3.05, 3.63) is 18.0 Å². The molecule has 0 spiro atoms. The quantitative estimate of drug-likeness (QED) is 0.760. The highest BCUT2D eigenvalue weighted by atomic mass is 32.2. The first kappa shape index (κ1) is 14.0. The number of aromatic nitrogens is 1. The molecule has 0 unspecified atom stereocenters. The number of amides is 1. The van der Waals surface area contributed by atoms with E-state index in [0.29, 0.717) is 13.1 Å². The molecule has 1 aliphatic rings. The summed E-state index contributed by atoms with van der Waals surface area (Å²) in [5, 5.41) is 0. The minimum atomic E-state index is -3.61. The monoisotopic (exact) mass is 286 g/mol. The van der Waals surface area contributed by atoms with Gasteiger partial charge in [-0.3, -0.25) is 4.79 Å². The molecule has 4 N–H and O–H groups in total. The van der Waals surface area contributed by atoms with E-state index in [-0.39, 0.29) is 16.6 Å². The predicted octanol–water partition coefficient (Wildman–Crippen LogP) is -0.764. The standard InChI is InChI=1S/C11H18N4O3S/c1-14-7-9(5-10(14)11(13)16)19(17,18)15-4-2-3-8(12)6-15/h5,7-8H,2-4,6,12H2,1H3,(H2,13,16)/t8-/m0/s1. The van der Waals surface area contributed by atoms with E-state index in [2.05, 4.69) is 0 Å². The topological polar surface area (TPSA) is 111 Å². The second kappa shape index (κ2) is 4.95. The Bertz CT molecular complexity index is 593. The summed E-state index contributed by atoms with van der Waals surface area (Å²) in [6, 6.07) is 1.17. The van der Waals surface area contributed by atoms with Crippen molar-refractivity contribution in [2.45, 2.75) is 23.8 Å². The molecule has 2 heterocycles. The van der Waals surface area contributed by atoms with Crippen LogP contribution in [-0.4, -0.2) is 42.3 Å². The van der Waals surface area contributed by atoms with Gasteiger partial charge >= 0.3 is 0 Å². The maximum Gasteiger partial charge on any atom is 0.265 e. The Balaban J connectivity index is 2.34. The summed E-state index contributed by atoms with van der Waals surface area (Å²) in [5.74, 6) is -0.653. The van der Waals surface area contributed by atoms with E-state index in [1.165, 1.54) is 21.1 Å². The highest BCUT2D eigenvalue weighted by Crippen LogP contribution is 2.21. The summed E-state index contributed by atoms with van der Waals surface area (Å²) < 4.78 is 27.6.